The molecule has 0 radical (unpaired) electrons. The van der Waals surface area contributed by atoms with E-state index in [-0.39, 0.29) is 12.1 Å². The number of hydrogen-bond donors (Lipinski definition) is 2. The smallest absolute Gasteiger partial charge is 0.320 e. The average Bonchev–Trinajstić information content (AvgIpc) is 3.00. The Balaban J connectivity index is 1.97. The van der Waals surface area contributed by atoms with Crippen molar-refractivity contribution >= 4 is 34.7 Å². The van der Waals surface area contributed by atoms with E-state index >= 15 is 0 Å². The van der Waals surface area contributed by atoms with Crippen LogP contribution in [0.15, 0.2) is 35.7 Å². The lowest BCUT2D eigenvalue weighted by Gasteiger charge is -2.23. The average molecular weight is 336 g/mol. The van der Waals surface area contributed by atoms with Crippen molar-refractivity contribution in [3.63, 3.8) is 0 Å². The highest BCUT2D eigenvalue weighted by atomic mass is 35.5. The maximum atomic E-state index is 11.9. The summed E-state index contributed by atoms with van der Waals surface area (Å²) < 4.78 is 5.40. The summed E-state index contributed by atoms with van der Waals surface area (Å²) in [5, 5.41) is 7.97. The second kappa shape index (κ2) is 6.37. The largest absolute Gasteiger partial charge is 0.478 e. The molecule has 1 atom stereocenters. The van der Waals surface area contributed by atoms with Crippen LogP contribution in [-0.4, -0.2) is 17.6 Å². The Bertz CT molecular complexity index is 716. The van der Waals surface area contributed by atoms with Gasteiger partial charge in [0.25, 0.3) is 0 Å². The van der Waals surface area contributed by atoms with Gasteiger partial charge in [-0.05, 0) is 30.5 Å². The highest BCUT2D eigenvalue weighted by Crippen LogP contribution is 2.28. The molecule has 0 saturated heterocycles. The Morgan fingerprint density at radius 2 is 2.32 bits per heavy atom. The maximum absolute atomic E-state index is 11.9. The standard InChI is InChI=1S/C15H14ClN3O2S/c1-2-21-14-7-9(6-13(16)19-14)10-8-11(18-15(20)17-10)12-4-3-5-22-12/h3-8,11H,2H2,1H3,(H2,17,18,20). The topological polar surface area (TPSA) is 63.2 Å². The van der Waals surface area contributed by atoms with Gasteiger partial charge in [-0.3, -0.25) is 0 Å². The third-order valence-corrected chi connectivity index (χ3v) is 4.24. The lowest BCUT2D eigenvalue weighted by Crippen LogP contribution is -2.40. The zero-order chi connectivity index (χ0) is 15.5. The van der Waals surface area contributed by atoms with Crippen LogP contribution in [0.3, 0.4) is 0 Å². The van der Waals surface area contributed by atoms with Gasteiger partial charge in [0, 0.05) is 22.2 Å². The molecule has 3 heterocycles. The second-order valence-corrected chi connectivity index (χ2v) is 5.99. The molecule has 0 spiro atoms. The molecule has 1 aliphatic heterocycles. The molecule has 7 heteroatoms. The number of pyridine rings is 1. The summed E-state index contributed by atoms with van der Waals surface area (Å²) in [7, 11) is 0. The number of nitrogens with zero attached hydrogens (tertiary/aromatic N) is 1. The van der Waals surface area contributed by atoms with Crippen LogP contribution in [0.4, 0.5) is 4.79 Å². The van der Waals surface area contributed by atoms with Gasteiger partial charge in [0.05, 0.1) is 12.6 Å². The first-order chi connectivity index (χ1) is 10.7. The Morgan fingerprint density at radius 1 is 1.45 bits per heavy atom. The van der Waals surface area contributed by atoms with Crippen molar-refractivity contribution in [2.75, 3.05) is 6.61 Å². The van der Waals surface area contributed by atoms with Crippen molar-refractivity contribution in [1.29, 1.82) is 0 Å². The van der Waals surface area contributed by atoms with Crippen LogP contribution >= 0.6 is 22.9 Å². The fraction of sp³-hybridized carbons (Fsp3) is 0.200. The number of rotatable bonds is 4. The Morgan fingerprint density at radius 3 is 3.05 bits per heavy atom. The molecule has 114 valence electrons. The van der Waals surface area contributed by atoms with Gasteiger partial charge in [-0.2, -0.15) is 0 Å². The van der Waals surface area contributed by atoms with Crippen LogP contribution < -0.4 is 15.4 Å². The molecule has 2 aromatic heterocycles. The van der Waals surface area contributed by atoms with Crippen LogP contribution in [0.25, 0.3) is 5.70 Å². The number of hydrogen-bond acceptors (Lipinski definition) is 4. The van der Waals surface area contributed by atoms with Crippen LogP contribution in [-0.2, 0) is 0 Å². The third kappa shape index (κ3) is 3.23. The summed E-state index contributed by atoms with van der Waals surface area (Å²) >= 11 is 7.63. The van der Waals surface area contributed by atoms with E-state index in [0.717, 1.165) is 10.4 Å². The molecule has 1 aliphatic rings. The third-order valence-electron chi connectivity index (χ3n) is 3.09. The van der Waals surface area contributed by atoms with E-state index in [2.05, 4.69) is 15.6 Å². The van der Waals surface area contributed by atoms with E-state index in [9.17, 15) is 4.79 Å². The van der Waals surface area contributed by atoms with Gasteiger partial charge >= 0.3 is 6.03 Å². The maximum Gasteiger partial charge on any atom is 0.320 e. The normalized spacial score (nSPS) is 17.5. The summed E-state index contributed by atoms with van der Waals surface area (Å²) in [6.45, 7) is 2.37. The first-order valence-electron chi connectivity index (χ1n) is 6.79. The molecule has 0 fully saturated rings. The molecule has 0 aromatic carbocycles. The van der Waals surface area contributed by atoms with E-state index in [0.29, 0.717) is 23.3 Å². The van der Waals surface area contributed by atoms with Crippen molar-refractivity contribution in [2.45, 2.75) is 13.0 Å². The quantitative estimate of drug-likeness (QED) is 0.839. The zero-order valence-electron chi connectivity index (χ0n) is 11.8. The van der Waals surface area contributed by atoms with Gasteiger partial charge in [0.15, 0.2) is 0 Å². The second-order valence-electron chi connectivity index (χ2n) is 4.62. The Labute approximate surface area is 137 Å². The van der Waals surface area contributed by atoms with Gasteiger partial charge in [0.2, 0.25) is 5.88 Å². The van der Waals surface area contributed by atoms with E-state index in [1.165, 1.54) is 0 Å². The summed E-state index contributed by atoms with van der Waals surface area (Å²) in [4.78, 5) is 17.1. The fourth-order valence-corrected chi connectivity index (χ4v) is 3.14. The van der Waals surface area contributed by atoms with Crippen molar-refractivity contribution in [2.24, 2.45) is 0 Å². The van der Waals surface area contributed by atoms with Gasteiger partial charge in [-0.1, -0.05) is 17.7 Å². The lowest BCUT2D eigenvalue weighted by atomic mass is 10.1. The molecule has 2 aromatic rings. The summed E-state index contributed by atoms with van der Waals surface area (Å²) in [6, 6.07) is 7.00. The van der Waals surface area contributed by atoms with Gasteiger partial charge in [-0.15, -0.1) is 11.3 Å². The van der Waals surface area contributed by atoms with Gasteiger partial charge in [-0.25, -0.2) is 9.78 Å². The SMILES string of the molecule is CCOc1cc(C2=CC(c3cccs3)NC(=O)N2)cc(Cl)n1. The number of carbonyl (C=O) groups excluding carboxylic acids is 1. The highest BCUT2D eigenvalue weighted by molar-refractivity contribution is 7.10. The predicted octanol–water partition coefficient (Wildman–Crippen LogP) is 3.59. The molecule has 2 amide bonds. The Kier molecular flexibility index (Phi) is 4.31. The molecule has 0 aliphatic carbocycles. The number of nitrogens with one attached hydrogen (secondary N) is 2. The van der Waals surface area contributed by atoms with E-state index < -0.39 is 0 Å². The minimum Gasteiger partial charge on any atom is -0.478 e. The molecule has 0 saturated carbocycles. The molecule has 0 bridgehead atoms. The molecule has 22 heavy (non-hydrogen) atoms. The monoisotopic (exact) mass is 335 g/mol. The number of ether oxygens (including phenoxy) is 1. The van der Waals surface area contributed by atoms with Crippen molar-refractivity contribution in [1.82, 2.24) is 15.6 Å². The first kappa shape index (κ1) is 14.9. The number of thiophene rings is 1. The van der Waals surface area contributed by atoms with Crippen LogP contribution in [0, 0.1) is 0 Å². The predicted molar refractivity (Wildman–Crippen MR) is 87.1 cm³/mol. The number of aromatic nitrogens is 1. The lowest BCUT2D eigenvalue weighted by molar-refractivity contribution is 0.241. The van der Waals surface area contributed by atoms with Crippen LogP contribution in [0.5, 0.6) is 5.88 Å². The van der Waals surface area contributed by atoms with Crippen LogP contribution in [0.1, 0.15) is 23.4 Å². The molecule has 3 rings (SSSR count). The van der Waals surface area contributed by atoms with Gasteiger partial charge in [0.1, 0.15) is 5.15 Å². The van der Waals surface area contributed by atoms with E-state index in [1.54, 1.807) is 23.5 Å². The molecule has 1 unspecified atom stereocenters. The first-order valence-corrected chi connectivity index (χ1v) is 8.05. The Hall–Kier alpha value is -2.05. The molecular formula is C15H14ClN3O2S. The zero-order valence-corrected chi connectivity index (χ0v) is 13.4. The van der Waals surface area contributed by atoms with Crippen molar-refractivity contribution < 1.29 is 9.53 Å². The molecule has 5 nitrogen and oxygen atoms in total. The van der Waals surface area contributed by atoms with Crippen molar-refractivity contribution in [3.8, 4) is 5.88 Å². The van der Waals surface area contributed by atoms with Gasteiger partial charge < -0.3 is 15.4 Å². The minimum absolute atomic E-state index is 0.161. The molecular weight excluding hydrogens is 322 g/mol. The summed E-state index contributed by atoms with van der Waals surface area (Å²) in [6.07, 6.45) is 1.95. The number of carbonyl (C=O) groups is 1. The number of amides is 2. The minimum atomic E-state index is -0.248. The van der Waals surface area contributed by atoms with Crippen molar-refractivity contribution in [3.05, 3.63) is 51.3 Å². The number of halogens is 1. The van der Waals surface area contributed by atoms with E-state index in [1.807, 2.05) is 30.5 Å². The van der Waals surface area contributed by atoms with E-state index in [4.69, 9.17) is 16.3 Å². The summed E-state index contributed by atoms with van der Waals surface area (Å²) in [5.74, 6) is 0.436. The highest BCUT2D eigenvalue weighted by Gasteiger charge is 2.21. The summed E-state index contributed by atoms with van der Waals surface area (Å²) in [5.41, 5.74) is 1.45. The fourth-order valence-electron chi connectivity index (χ4n) is 2.19. The molecule has 2 N–H and O–H groups in total. The number of urea groups is 1. The van der Waals surface area contributed by atoms with Crippen LogP contribution in [0.2, 0.25) is 5.15 Å².